The molecule has 16 heavy (non-hydrogen) atoms. The molecular formula is C12H11ClN2O. The molecule has 0 saturated carbocycles. The first-order valence-electron chi connectivity index (χ1n) is 4.75. The van der Waals surface area contributed by atoms with Gasteiger partial charge in [0.2, 0.25) is 0 Å². The van der Waals surface area contributed by atoms with Crippen LogP contribution in [0.5, 0.6) is 5.75 Å². The van der Waals surface area contributed by atoms with E-state index in [2.05, 4.69) is 4.98 Å². The van der Waals surface area contributed by atoms with Gasteiger partial charge in [-0.3, -0.25) is 4.98 Å². The lowest BCUT2D eigenvalue weighted by Gasteiger charge is -2.08. The van der Waals surface area contributed by atoms with Crippen molar-refractivity contribution in [2.45, 2.75) is 0 Å². The number of pyridine rings is 1. The summed E-state index contributed by atoms with van der Waals surface area (Å²) >= 11 is 5.95. The van der Waals surface area contributed by atoms with Crippen LogP contribution >= 0.6 is 11.6 Å². The van der Waals surface area contributed by atoms with E-state index in [0.717, 1.165) is 16.9 Å². The molecule has 0 aliphatic heterocycles. The van der Waals surface area contributed by atoms with Crippen LogP contribution in [0.4, 0.5) is 5.69 Å². The molecule has 2 N–H and O–H groups in total. The van der Waals surface area contributed by atoms with Crippen molar-refractivity contribution in [2.24, 2.45) is 0 Å². The normalized spacial score (nSPS) is 10.1. The van der Waals surface area contributed by atoms with Gasteiger partial charge in [0.05, 0.1) is 7.11 Å². The number of anilines is 1. The number of aromatic nitrogens is 1. The molecule has 0 amide bonds. The Labute approximate surface area is 98.8 Å². The van der Waals surface area contributed by atoms with Gasteiger partial charge in [0.25, 0.3) is 0 Å². The maximum Gasteiger partial charge on any atom is 0.129 e. The monoisotopic (exact) mass is 234 g/mol. The highest BCUT2D eigenvalue weighted by molar-refractivity contribution is 6.31. The Hall–Kier alpha value is -1.74. The van der Waals surface area contributed by atoms with Crippen molar-refractivity contribution in [3.05, 3.63) is 41.7 Å². The Balaban J connectivity index is 2.58. The van der Waals surface area contributed by atoms with Crippen LogP contribution in [0.1, 0.15) is 0 Å². The average molecular weight is 235 g/mol. The lowest BCUT2D eigenvalue weighted by molar-refractivity contribution is 0.416. The second-order valence-corrected chi connectivity index (χ2v) is 3.79. The Morgan fingerprint density at radius 3 is 2.81 bits per heavy atom. The number of benzene rings is 1. The summed E-state index contributed by atoms with van der Waals surface area (Å²) in [5, 5.41) is 0.598. The van der Waals surface area contributed by atoms with Gasteiger partial charge in [-0.25, -0.2) is 0 Å². The van der Waals surface area contributed by atoms with Crippen molar-refractivity contribution in [1.82, 2.24) is 4.98 Å². The fraction of sp³-hybridized carbons (Fsp3) is 0.0833. The molecule has 0 atom stereocenters. The summed E-state index contributed by atoms with van der Waals surface area (Å²) in [5.41, 5.74) is 8.13. The molecule has 1 heterocycles. The van der Waals surface area contributed by atoms with Gasteiger partial charge in [0.1, 0.15) is 5.75 Å². The molecule has 0 spiro atoms. The molecule has 4 heteroatoms. The molecule has 0 unspecified atom stereocenters. The van der Waals surface area contributed by atoms with Crippen molar-refractivity contribution in [3.8, 4) is 16.9 Å². The highest BCUT2D eigenvalue weighted by Crippen LogP contribution is 2.31. The SMILES string of the molecule is COc1ccncc1-c1cc(N)cc(Cl)c1. The molecule has 0 aliphatic rings. The van der Waals surface area contributed by atoms with Crippen molar-refractivity contribution in [3.63, 3.8) is 0 Å². The van der Waals surface area contributed by atoms with Gasteiger partial charge >= 0.3 is 0 Å². The number of nitrogen functional groups attached to an aromatic ring is 1. The van der Waals surface area contributed by atoms with E-state index in [1.165, 1.54) is 0 Å². The summed E-state index contributed by atoms with van der Waals surface area (Å²) in [6, 6.07) is 7.17. The molecule has 3 nitrogen and oxygen atoms in total. The Morgan fingerprint density at radius 2 is 2.12 bits per heavy atom. The number of rotatable bonds is 2. The minimum atomic E-state index is 0.598. The van der Waals surface area contributed by atoms with Crippen molar-refractivity contribution >= 4 is 17.3 Å². The standard InChI is InChI=1S/C12H11ClN2O/c1-16-12-2-3-15-7-11(12)8-4-9(13)6-10(14)5-8/h2-7H,14H2,1H3. The maximum absolute atomic E-state index is 5.95. The van der Waals surface area contributed by atoms with Crippen LogP contribution in [0, 0.1) is 0 Å². The van der Waals surface area contributed by atoms with Gasteiger partial charge in [-0.2, -0.15) is 0 Å². The van der Waals surface area contributed by atoms with E-state index in [-0.39, 0.29) is 0 Å². The van der Waals surface area contributed by atoms with Crippen LogP contribution in [-0.4, -0.2) is 12.1 Å². The molecule has 0 saturated heterocycles. The summed E-state index contributed by atoms with van der Waals surface area (Å²) < 4.78 is 5.26. The molecule has 0 bridgehead atoms. The van der Waals surface area contributed by atoms with E-state index in [4.69, 9.17) is 22.1 Å². The Morgan fingerprint density at radius 1 is 1.31 bits per heavy atom. The van der Waals surface area contributed by atoms with Gasteiger partial charge < -0.3 is 10.5 Å². The second-order valence-electron chi connectivity index (χ2n) is 3.35. The van der Waals surface area contributed by atoms with Crippen molar-refractivity contribution in [2.75, 3.05) is 12.8 Å². The topological polar surface area (TPSA) is 48.1 Å². The number of hydrogen-bond acceptors (Lipinski definition) is 3. The zero-order valence-corrected chi connectivity index (χ0v) is 9.53. The first-order valence-corrected chi connectivity index (χ1v) is 5.13. The van der Waals surface area contributed by atoms with Gasteiger partial charge in [0.15, 0.2) is 0 Å². The van der Waals surface area contributed by atoms with Crippen LogP contribution in [-0.2, 0) is 0 Å². The first-order chi connectivity index (χ1) is 7.70. The summed E-state index contributed by atoms with van der Waals surface area (Å²) in [5.74, 6) is 0.747. The van der Waals surface area contributed by atoms with Gasteiger partial charge in [-0.05, 0) is 29.8 Å². The summed E-state index contributed by atoms with van der Waals surface area (Å²) in [4.78, 5) is 4.07. The molecule has 0 aliphatic carbocycles. The first kappa shape index (κ1) is 10.8. The molecule has 0 radical (unpaired) electrons. The number of hydrogen-bond donors (Lipinski definition) is 1. The third kappa shape index (κ3) is 2.09. The summed E-state index contributed by atoms with van der Waals surface area (Å²) in [7, 11) is 1.62. The second kappa shape index (κ2) is 4.41. The van der Waals surface area contributed by atoms with Crippen LogP contribution in [0.25, 0.3) is 11.1 Å². The molecule has 2 aromatic rings. The number of nitrogens with zero attached hydrogens (tertiary/aromatic N) is 1. The van der Waals surface area contributed by atoms with Crippen molar-refractivity contribution in [1.29, 1.82) is 0 Å². The number of nitrogens with two attached hydrogens (primary N) is 1. The fourth-order valence-corrected chi connectivity index (χ4v) is 1.79. The summed E-state index contributed by atoms with van der Waals surface area (Å²) in [6.45, 7) is 0. The highest BCUT2D eigenvalue weighted by Gasteiger charge is 2.06. The average Bonchev–Trinajstić information content (AvgIpc) is 2.27. The van der Waals surface area contributed by atoms with Crippen LogP contribution < -0.4 is 10.5 Å². The molecule has 82 valence electrons. The minimum Gasteiger partial charge on any atom is -0.496 e. The van der Waals surface area contributed by atoms with Gasteiger partial charge in [-0.15, -0.1) is 0 Å². The fourth-order valence-electron chi connectivity index (χ4n) is 1.54. The zero-order chi connectivity index (χ0) is 11.5. The largest absolute Gasteiger partial charge is 0.496 e. The van der Waals surface area contributed by atoms with Crippen molar-refractivity contribution < 1.29 is 4.74 Å². The van der Waals surface area contributed by atoms with Crippen LogP contribution in [0.2, 0.25) is 5.02 Å². The lowest BCUT2D eigenvalue weighted by Crippen LogP contribution is -1.91. The third-order valence-corrected chi connectivity index (χ3v) is 2.45. The smallest absolute Gasteiger partial charge is 0.129 e. The number of methoxy groups -OCH3 is 1. The van der Waals surface area contributed by atoms with Gasteiger partial charge in [-0.1, -0.05) is 11.6 Å². The van der Waals surface area contributed by atoms with E-state index in [9.17, 15) is 0 Å². The van der Waals surface area contributed by atoms with Crippen LogP contribution in [0.15, 0.2) is 36.7 Å². The molecular weight excluding hydrogens is 224 g/mol. The van der Waals surface area contributed by atoms with E-state index >= 15 is 0 Å². The predicted octanol–water partition coefficient (Wildman–Crippen LogP) is 2.99. The molecule has 2 rings (SSSR count). The Bertz CT molecular complexity index is 494. The lowest BCUT2D eigenvalue weighted by atomic mass is 10.1. The molecule has 1 aromatic carbocycles. The van der Waals surface area contributed by atoms with E-state index in [0.29, 0.717) is 10.7 Å². The number of ether oxygens (including phenoxy) is 1. The maximum atomic E-state index is 5.95. The van der Waals surface area contributed by atoms with Gasteiger partial charge in [0, 0.05) is 28.7 Å². The Kier molecular flexibility index (Phi) is 2.97. The highest BCUT2D eigenvalue weighted by atomic mass is 35.5. The summed E-state index contributed by atoms with van der Waals surface area (Å²) in [6.07, 6.45) is 3.40. The number of halogens is 1. The predicted molar refractivity (Wildman–Crippen MR) is 65.6 cm³/mol. The zero-order valence-electron chi connectivity index (χ0n) is 8.77. The van der Waals surface area contributed by atoms with E-state index in [1.807, 2.05) is 12.1 Å². The van der Waals surface area contributed by atoms with Crippen LogP contribution in [0.3, 0.4) is 0 Å². The third-order valence-electron chi connectivity index (χ3n) is 2.23. The molecule has 0 fully saturated rings. The molecule has 1 aromatic heterocycles. The minimum absolute atomic E-state index is 0.598. The van der Waals surface area contributed by atoms with E-state index in [1.54, 1.807) is 31.6 Å². The quantitative estimate of drug-likeness (QED) is 0.813. The van der Waals surface area contributed by atoms with E-state index < -0.39 is 0 Å².